The summed E-state index contributed by atoms with van der Waals surface area (Å²) in [6, 6.07) is 0.795. The fraction of sp³-hybridized carbons (Fsp3) is 1.00. The Labute approximate surface area is 94.7 Å². The van der Waals surface area contributed by atoms with Crippen LogP contribution in [0.2, 0.25) is 0 Å². The maximum absolute atomic E-state index is 8.92. The molecule has 1 saturated carbocycles. The molecule has 0 saturated heterocycles. The van der Waals surface area contributed by atoms with E-state index in [1.165, 1.54) is 38.6 Å². The molecule has 1 aliphatic rings. The van der Waals surface area contributed by atoms with Gasteiger partial charge < -0.3 is 10.0 Å². The highest BCUT2D eigenvalue weighted by Crippen LogP contribution is 2.29. The number of aliphatic hydroxyl groups excluding tert-OH is 1. The van der Waals surface area contributed by atoms with Crippen LogP contribution in [-0.2, 0) is 0 Å². The van der Waals surface area contributed by atoms with Crippen molar-refractivity contribution in [1.82, 2.24) is 4.90 Å². The lowest BCUT2D eigenvalue weighted by Crippen LogP contribution is -2.38. The van der Waals surface area contributed by atoms with E-state index in [0.717, 1.165) is 24.9 Å². The average molecular weight is 213 g/mol. The summed E-state index contributed by atoms with van der Waals surface area (Å²) in [5.41, 5.74) is 0. The summed E-state index contributed by atoms with van der Waals surface area (Å²) in [5, 5.41) is 8.92. The van der Waals surface area contributed by atoms with Gasteiger partial charge in [-0.3, -0.25) is 0 Å². The summed E-state index contributed by atoms with van der Waals surface area (Å²) < 4.78 is 0. The minimum atomic E-state index is 0.337. The highest BCUT2D eigenvalue weighted by molar-refractivity contribution is 4.82. The van der Waals surface area contributed by atoms with Crippen molar-refractivity contribution < 1.29 is 5.11 Å². The summed E-state index contributed by atoms with van der Waals surface area (Å²) in [6.07, 6.45) is 7.68. The van der Waals surface area contributed by atoms with E-state index in [-0.39, 0.29) is 0 Å². The summed E-state index contributed by atoms with van der Waals surface area (Å²) >= 11 is 0. The predicted octanol–water partition coefficient (Wildman–Crippen LogP) is 2.66. The molecule has 0 aromatic rings. The van der Waals surface area contributed by atoms with Crippen molar-refractivity contribution in [3.63, 3.8) is 0 Å². The molecule has 2 nitrogen and oxygen atoms in total. The van der Waals surface area contributed by atoms with E-state index in [1.807, 2.05) is 0 Å². The standard InChI is InChI=1S/C13H27NO/c1-3-4-9-14(10-6-11-15)13-8-5-7-12(13)2/h12-13,15H,3-11H2,1-2H3. The Bertz CT molecular complexity index is 153. The fourth-order valence-electron chi connectivity index (χ4n) is 2.75. The van der Waals surface area contributed by atoms with Crippen molar-refractivity contribution in [1.29, 1.82) is 0 Å². The maximum atomic E-state index is 8.92. The smallest absolute Gasteiger partial charge is 0.0443 e. The predicted molar refractivity (Wildman–Crippen MR) is 65.0 cm³/mol. The van der Waals surface area contributed by atoms with Gasteiger partial charge in [0.25, 0.3) is 0 Å². The summed E-state index contributed by atoms with van der Waals surface area (Å²) in [6.45, 7) is 7.29. The van der Waals surface area contributed by atoms with Crippen molar-refractivity contribution in [2.24, 2.45) is 5.92 Å². The van der Waals surface area contributed by atoms with Crippen LogP contribution in [0.25, 0.3) is 0 Å². The summed E-state index contributed by atoms with van der Waals surface area (Å²) in [4.78, 5) is 2.62. The van der Waals surface area contributed by atoms with E-state index < -0.39 is 0 Å². The van der Waals surface area contributed by atoms with Gasteiger partial charge in [-0.1, -0.05) is 26.7 Å². The third kappa shape index (κ3) is 4.12. The van der Waals surface area contributed by atoms with Crippen LogP contribution in [0.3, 0.4) is 0 Å². The molecular weight excluding hydrogens is 186 g/mol. The number of hydrogen-bond acceptors (Lipinski definition) is 2. The van der Waals surface area contributed by atoms with Gasteiger partial charge in [-0.05, 0) is 38.1 Å². The van der Waals surface area contributed by atoms with E-state index in [9.17, 15) is 0 Å². The third-order valence-electron chi connectivity index (χ3n) is 3.69. The maximum Gasteiger partial charge on any atom is 0.0443 e. The molecular formula is C13H27NO. The molecule has 2 unspecified atom stereocenters. The zero-order valence-corrected chi connectivity index (χ0v) is 10.4. The van der Waals surface area contributed by atoms with E-state index in [1.54, 1.807) is 0 Å². The van der Waals surface area contributed by atoms with Crippen LogP contribution in [0, 0.1) is 5.92 Å². The molecule has 0 bridgehead atoms. The molecule has 1 fully saturated rings. The normalized spacial score (nSPS) is 26.4. The lowest BCUT2D eigenvalue weighted by molar-refractivity contribution is 0.148. The minimum Gasteiger partial charge on any atom is -0.396 e. The van der Waals surface area contributed by atoms with Crippen molar-refractivity contribution in [3.05, 3.63) is 0 Å². The van der Waals surface area contributed by atoms with E-state index in [0.29, 0.717) is 6.61 Å². The molecule has 0 aromatic heterocycles. The first kappa shape index (κ1) is 13.0. The molecule has 0 aliphatic heterocycles. The highest BCUT2D eigenvalue weighted by Gasteiger charge is 2.28. The second kappa shape index (κ2) is 7.24. The molecule has 2 heteroatoms. The van der Waals surface area contributed by atoms with Crippen LogP contribution in [0.15, 0.2) is 0 Å². The van der Waals surface area contributed by atoms with E-state index in [2.05, 4.69) is 18.7 Å². The topological polar surface area (TPSA) is 23.5 Å². The highest BCUT2D eigenvalue weighted by atomic mass is 16.3. The van der Waals surface area contributed by atoms with E-state index in [4.69, 9.17) is 5.11 Å². The van der Waals surface area contributed by atoms with Gasteiger partial charge in [-0.2, -0.15) is 0 Å². The van der Waals surface area contributed by atoms with Gasteiger partial charge in [0.2, 0.25) is 0 Å². The van der Waals surface area contributed by atoms with Gasteiger partial charge in [0, 0.05) is 19.2 Å². The molecule has 0 spiro atoms. The molecule has 0 heterocycles. The molecule has 15 heavy (non-hydrogen) atoms. The first-order chi connectivity index (χ1) is 7.29. The minimum absolute atomic E-state index is 0.337. The summed E-state index contributed by atoms with van der Waals surface area (Å²) in [5.74, 6) is 0.862. The number of hydrogen-bond donors (Lipinski definition) is 1. The number of aliphatic hydroxyl groups is 1. The Hall–Kier alpha value is -0.0800. The Morgan fingerprint density at radius 2 is 1.93 bits per heavy atom. The van der Waals surface area contributed by atoms with Crippen molar-refractivity contribution in [2.45, 2.75) is 58.4 Å². The monoisotopic (exact) mass is 213 g/mol. The largest absolute Gasteiger partial charge is 0.396 e. The molecule has 1 rings (SSSR count). The van der Waals surface area contributed by atoms with Gasteiger partial charge in [-0.15, -0.1) is 0 Å². The Morgan fingerprint density at radius 1 is 1.20 bits per heavy atom. The van der Waals surface area contributed by atoms with Gasteiger partial charge in [0.15, 0.2) is 0 Å². The second-order valence-electron chi connectivity index (χ2n) is 4.94. The molecule has 90 valence electrons. The number of nitrogens with zero attached hydrogens (tertiary/aromatic N) is 1. The summed E-state index contributed by atoms with van der Waals surface area (Å²) in [7, 11) is 0. The molecule has 2 atom stereocenters. The first-order valence-electron chi connectivity index (χ1n) is 6.64. The van der Waals surface area contributed by atoms with Gasteiger partial charge >= 0.3 is 0 Å². The van der Waals surface area contributed by atoms with Crippen LogP contribution >= 0.6 is 0 Å². The van der Waals surface area contributed by atoms with Crippen LogP contribution in [0.4, 0.5) is 0 Å². The van der Waals surface area contributed by atoms with Gasteiger partial charge in [0.1, 0.15) is 0 Å². The molecule has 1 aliphatic carbocycles. The van der Waals surface area contributed by atoms with Crippen molar-refractivity contribution in [3.8, 4) is 0 Å². The van der Waals surface area contributed by atoms with Crippen molar-refractivity contribution >= 4 is 0 Å². The number of rotatable bonds is 7. The van der Waals surface area contributed by atoms with Crippen LogP contribution in [0.5, 0.6) is 0 Å². The molecule has 0 amide bonds. The zero-order valence-electron chi connectivity index (χ0n) is 10.4. The van der Waals surface area contributed by atoms with Crippen LogP contribution in [0.1, 0.15) is 52.4 Å². The lowest BCUT2D eigenvalue weighted by atomic mass is 10.0. The molecule has 0 aromatic carbocycles. The lowest BCUT2D eigenvalue weighted by Gasteiger charge is -2.31. The molecule has 1 N–H and O–H groups in total. The third-order valence-corrected chi connectivity index (χ3v) is 3.69. The first-order valence-corrected chi connectivity index (χ1v) is 6.64. The Balaban J connectivity index is 2.38. The van der Waals surface area contributed by atoms with Gasteiger partial charge in [-0.25, -0.2) is 0 Å². The van der Waals surface area contributed by atoms with Crippen molar-refractivity contribution in [2.75, 3.05) is 19.7 Å². The van der Waals surface area contributed by atoms with Gasteiger partial charge in [0.05, 0.1) is 0 Å². The van der Waals surface area contributed by atoms with E-state index >= 15 is 0 Å². The Kier molecular flexibility index (Phi) is 6.26. The quantitative estimate of drug-likeness (QED) is 0.703. The van der Waals surface area contributed by atoms with Crippen LogP contribution < -0.4 is 0 Å². The Morgan fingerprint density at radius 3 is 2.47 bits per heavy atom. The molecule has 0 radical (unpaired) electrons. The SMILES string of the molecule is CCCCN(CCCO)C1CCCC1C. The van der Waals surface area contributed by atoms with Crippen LogP contribution in [-0.4, -0.2) is 35.7 Å². The average Bonchev–Trinajstić information content (AvgIpc) is 2.65. The second-order valence-corrected chi connectivity index (χ2v) is 4.94. The fourth-order valence-corrected chi connectivity index (χ4v) is 2.75. The number of unbranched alkanes of at least 4 members (excludes halogenated alkanes) is 1. The zero-order chi connectivity index (χ0) is 11.1.